The van der Waals surface area contributed by atoms with Crippen molar-refractivity contribution in [1.29, 1.82) is 0 Å². The van der Waals surface area contributed by atoms with Crippen LogP contribution in [0, 0.1) is 0 Å². The number of unbranched alkanes of at least 4 members (excludes halogenated alkanes) is 1. The molecule has 0 aliphatic carbocycles. The van der Waals surface area contributed by atoms with E-state index in [2.05, 4.69) is 5.32 Å². The van der Waals surface area contributed by atoms with Crippen molar-refractivity contribution in [3.8, 4) is 5.75 Å². The number of hydrogen-bond donors (Lipinski definition) is 2. The van der Waals surface area contributed by atoms with Crippen molar-refractivity contribution in [1.82, 2.24) is 5.32 Å². The Balaban J connectivity index is 2.21. The van der Waals surface area contributed by atoms with E-state index in [-0.39, 0.29) is 24.2 Å². The Bertz CT molecular complexity index is 810. The first-order valence-corrected chi connectivity index (χ1v) is 7.66. The zero-order chi connectivity index (χ0) is 17.7. The van der Waals surface area contributed by atoms with Gasteiger partial charge >= 0.3 is 5.63 Å². The lowest BCUT2D eigenvalue weighted by atomic mass is 10.1. The summed E-state index contributed by atoms with van der Waals surface area (Å²) in [7, 11) is 0. The molecule has 0 saturated heterocycles. The van der Waals surface area contributed by atoms with Crippen molar-refractivity contribution in [2.24, 2.45) is 0 Å². The van der Waals surface area contributed by atoms with Crippen LogP contribution in [0.25, 0.3) is 11.0 Å². The molecule has 0 radical (unpaired) electrons. The number of nitrogens with one attached hydrogen (secondary N) is 1. The number of carboxylic acids is 1. The number of phenols is 1. The highest BCUT2D eigenvalue weighted by Gasteiger charge is 2.15. The minimum absolute atomic E-state index is 0.0659. The summed E-state index contributed by atoms with van der Waals surface area (Å²) in [6, 6.07) is 4.34. The number of fused-ring (bicyclic) bond motifs is 1. The van der Waals surface area contributed by atoms with Gasteiger partial charge in [0.2, 0.25) is 5.91 Å². The van der Waals surface area contributed by atoms with E-state index in [1.54, 1.807) is 0 Å². The number of carbonyl (C=O) groups is 2. The maximum atomic E-state index is 12.1. The fourth-order valence-electron chi connectivity index (χ4n) is 2.44. The van der Waals surface area contributed by atoms with Crippen LogP contribution in [0.15, 0.2) is 33.5 Å². The maximum Gasteiger partial charge on any atom is 0.336 e. The molecule has 128 valence electrons. The van der Waals surface area contributed by atoms with Gasteiger partial charge in [-0.05, 0) is 24.1 Å². The number of carboxylic acid groups (broad SMARTS) is 1. The fourth-order valence-corrected chi connectivity index (χ4v) is 2.44. The lowest BCUT2D eigenvalue weighted by Gasteiger charge is -2.19. The molecule has 2 aromatic rings. The molecule has 0 saturated carbocycles. The molecule has 1 aromatic carbocycles. The first kappa shape index (κ1) is 17.5. The number of hydrogen-bond acceptors (Lipinski definition) is 6. The van der Waals surface area contributed by atoms with E-state index >= 15 is 0 Å². The molecule has 7 heteroatoms. The normalized spacial score (nSPS) is 12.0. The summed E-state index contributed by atoms with van der Waals surface area (Å²) in [5, 5.41) is 23.4. The van der Waals surface area contributed by atoms with Gasteiger partial charge in [0.15, 0.2) is 0 Å². The Morgan fingerprint density at radius 3 is 2.75 bits per heavy atom. The zero-order valence-corrected chi connectivity index (χ0v) is 13.2. The van der Waals surface area contributed by atoms with E-state index in [1.807, 2.05) is 6.92 Å². The van der Waals surface area contributed by atoms with E-state index in [4.69, 9.17) is 4.42 Å². The molecule has 24 heavy (non-hydrogen) atoms. The predicted octanol–water partition coefficient (Wildman–Crippen LogP) is 0.466. The Morgan fingerprint density at radius 1 is 1.33 bits per heavy atom. The maximum absolute atomic E-state index is 12.1. The third-order valence-electron chi connectivity index (χ3n) is 3.63. The van der Waals surface area contributed by atoms with Crippen LogP contribution in [0.1, 0.15) is 31.7 Å². The first-order chi connectivity index (χ1) is 11.4. The molecule has 0 aliphatic heterocycles. The average Bonchev–Trinajstić information content (AvgIpc) is 2.50. The highest BCUT2D eigenvalue weighted by atomic mass is 16.4. The molecule has 0 aliphatic rings. The number of rotatable bonds is 7. The van der Waals surface area contributed by atoms with E-state index in [1.165, 1.54) is 24.3 Å². The Hall–Kier alpha value is -2.83. The van der Waals surface area contributed by atoms with Crippen molar-refractivity contribution >= 4 is 22.8 Å². The molecular formula is C17H18NO6-. The molecule has 0 spiro atoms. The number of carbonyl (C=O) groups excluding carboxylic acids is 2. The van der Waals surface area contributed by atoms with Crippen LogP contribution in [0.3, 0.4) is 0 Å². The van der Waals surface area contributed by atoms with Crippen molar-refractivity contribution in [2.75, 3.05) is 0 Å². The van der Waals surface area contributed by atoms with Gasteiger partial charge in [-0.2, -0.15) is 0 Å². The summed E-state index contributed by atoms with van der Waals surface area (Å²) >= 11 is 0. The minimum Gasteiger partial charge on any atom is -0.548 e. The van der Waals surface area contributed by atoms with Crippen molar-refractivity contribution < 1.29 is 24.2 Å². The van der Waals surface area contributed by atoms with Gasteiger partial charge < -0.3 is 24.7 Å². The van der Waals surface area contributed by atoms with Gasteiger partial charge in [-0.3, -0.25) is 4.79 Å². The molecular weight excluding hydrogens is 314 g/mol. The van der Waals surface area contributed by atoms with Crippen molar-refractivity contribution in [3.63, 3.8) is 0 Å². The van der Waals surface area contributed by atoms with Gasteiger partial charge in [0.05, 0.1) is 18.4 Å². The topological polar surface area (TPSA) is 120 Å². The Labute approximate surface area is 137 Å². The van der Waals surface area contributed by atoms with Crippen LogP contribution in [-0.2, 0) is 16.0 Å². The summed E-state index contributed by atoms with van der Waals surface area (Å²) in [6.07, 6.45) is 1.56. The van der Waals surface area contributed by atoms with Gasteiger partial charge in [-0.1, -0.05) is 19.8 Å². The van der Waals surface area contributed by atoms with Gasteiger partial charge in [-0.25, -0.2) is 4.79 Å². The molecule has 1 amide bonds. The zero-order valence-electron chi connectivity index (χ0n) is 13.2. The number of amides is 1. The number of benzene rings is 1. The van der Waals surface area contributed by atoms with E-state index < -0.39 is 23.5 Å². The average molecular weight is 332 g/mol. The molecule has 7 nitrogen and oxygen atoms in total. The molecule has 1 aromatic heterocycles. The SMILES string of the molecule is CCCC[C@H](NC(=O)Cc1cc(=O)oc2cc(O)ccc12)C(=O)[O-]. The van der Waals surface area contributed by atoms with Gasteiger partial charge in [-0.15, -0.1) is 0 Å². The standard InChI is InChI=1S/C17H19NO6/c1-2-3-4-13(17(22)23)18-15(20)7-10-8-16(21)24-14-9-11(19)5-6-12(10)14/h5-6,8-9,13,19H,2-4,7H2,1H3,(H,18,20)(H,22,23)/p-1/t13-/m0/s1. The third kappa shape index (κ3) is 4.34. The molecule has 1 heterocycles. The van der Waals surface area contributed by atoms with Crippen molar-refractivity contribution in [2.45, 2.75) is 38.6 Å². The van der Waals surface area contributed by atoms with Crippen LogP contribution in [0.5, 0.6) is 5.75 Å². The van der Waals surface area contributed by atoms with Crippen molar-refractivity contribution in [3.05, 3.63) is 40.2 Å². The monoisotopic (exact) mass is 332 g/mol. The Morgan fingerprint density at radius 2 is 2.08 bits per heavy atom. The summed E-state index contributed by atoms with van der Waals surface area (Å²) in [4.78, 5) is 34.8. The second-order valence-corrected chi connectivity index (χ2v) is 5.53. The largest absolute Gasteiger partial charge is 0.548 e. The van der Waals surface area contributed by atoms with Gasteiger partial charge in [0.1, 0.15) is 11.3 Å². The molecule has 0 fully saturated rings. The number of phenolic OH excluding ortho intramolecular Hbond substituents is 1. The Kier molecular flexibility index (Phi) is 5.57. The molecule has 2 N–H and O–H groups in total. The van der Waals surface area contributed by atoms with E-state index in [0.717, 1.165) is 6.42 Å². The summed E-state index contributed by atoms with van der Waals surface area (Å²) in [5.41, 5.74) is -0.0996. The molecule has 1 atom stereocenters. The van der Waals surface area contributed by atoms with Crippen LogP contribution >= 0.6 is 0 Å². The summed E-state index contributed by atoms with van der Waals surface area (Å²) in [6.45, 7) is 1.92. The summed E-state index contributed by atoms with van der Waals surface area (Å²) in [5.74, 6) is -1.93. The fraction of sp³-hybridized carbons (Fsp3) is 0.353. The quantitative estimate of drug-likeness (QED) is 0.711. The highest BCUT2D eigenvalue weighted by Crippen LogP contribution is 2.22. The number of aliphatic carboxylic acids is 1. The van der Waals surface area contributed by atoms with Gasteiger partial charge in [0, 0.05) is 17.5 Å². The first-order valence-electron chi connectivity index (χ1n) is 7.66. The lowest BCUT2D eigenvalue weighted by Crippen LogP contribution is -2.48. The van der Waals surface area contributed by atoms with Crippen LogP contribution in [0.4, 0.5) is 0 Å². The minimum atomic E-state index is -1.33. The smallest absolute Gasteiger partial charge is 0.336 e. The van der Waals surface area contributed by atoms with Crippen LogP contribution in [0.2, 0.25) is 0 Å². The summed E-state index contributed by atoms with van der Waals surface area (Å²) < 4.78 is 4.99. The lowest BCUT2D eigenvalue weighted by molar-refractivity contribution is -0.308. The van der Waals surface area contributed by atoms with Crippen LogP contribution in [-0.4, -0.2) is 23.0 Å². The van der Waals surface area contributed by atoms with Gasteiger partial charge in [0.25, 0.3) is 0 Å². The van der Waals surface area contributed by atoms with Crippen LogP contribution < -0.4 is 16.0 Å². The van der Waals surface area contributed by atoms with E-state index in [0.29, 0.717) is 17.4 Å². The second kappa shape index (κ2) is 7.63. The predicted molar refractivity (Wildman–Crippen MR) is 84.3 cm³/mol. The van der Waals surface area contributed by atoms with E-state index in [9.17, 15) is 24.6 Å². The molecule has 0 unspecified atom stereocenters. The third-order valence-corrected chi connectivity index (χ3v) is 3.63. The highest BCUT2D eigenvalue weighted by molar-refractivity contribution is 5.89. The molecule has 0 bridgehead atoms. The molecule has 2 rings (SSSR count). The second-order valence-electron chi connectivity index (χ2n) is 5.53. The number of aromatic hydroxyl groups is 1.